The van der Waals surface area contributed by atoms with Gasteiger partial charge in [-0.3, -0.25) is 14.4 Å². The Morgan fingerprint density at radius 1 is 0.979 bits per heavy atom. The zero-order chi connectivity index (χ0) is 33.4. The lowest BCUT2D eigenvalue weighted by Crippen LogP contribution is -2.40. The number of anilines is 1. The molecule has 0 saturated carbocycles. The molecule has 1 N–H and O–H groups in total. The van der Waals surface area contributed by atoms with E-state index in [2.05, 4.69) is 31.3 Å². The van der Waals surface area contributed by atoms with Gasteiger partial charge in [-0.25, -0.2) is 19.9 Å². The van der Waals surface area contributed by atoms with Gasteiger partial charge >= 0.3 is 0 Å². The van der Waals surface area contributed by atoms with E-state index in [-0.39, 0.29) is 35.9 Å². The summed E-state index contributed by atoms with van der Waals surface area (Å²) >= 11 is 1.34. The van der Waals surface area contributed by atoms with Crippen LogP contribution in [-0.2, 0) is 16.1 Å². The molecule has 2 unspecified atom stereocenters. The van der Waals surface area contributed by atoms with Crippen molar-refractivity contribution in [2.45, 2.75) is 26.3 Å². The maximum atomic E-state index is 12.4. The minimum Gasteiger partial charge on any atom is -0.318 e. The Kier molecular flexibility index (Phi) is 8.00. The zero-order valence-electron chi connectivity index (χ0n) is 25.9. The Morgan fingerprint density at radius 2 is 1.77 bits per heavy atom. The molecular weight excluding hydrogens is 623 g/mol. The number of hydrogen-bond acceptors (Lipinski definition) is 9. The molecule has 0 spiro atoms. The summed E-state index contributed by atoms with van der Waals surface area (Å²) in [6.07, 6.45) is 8.33. The van der Waals surface area contributed by atoms with Gasteiger partial charge in [0.05, 0.1) is 29.9 Å². The molecule has 11 heteroatoms. The van der Waals surface area contributed by atoms with Crippen molar-refractivity contribution in [1.29, 1.82) is 5.26 Å². The largest absolute Gasteiger partial charge is 0.318 e. The molecule has 10 nitrogen and oxygen atoms in total. The Hall–Kier alpha value is -6.12. The molecule has 2 aliphatic carbocycles. The fourth-order valence-corrected chi connectivity index (χ4v) is 6.79. The van der Waals surface area contributed by atoms with E-state index < -0.39 is 0 Å². The molecule has 0 bridgehead atoms. The van der Waals surface area contributed by atoms with Crippen molar-refractivity contribution in [1.82, 2.24) is 24.5 Å². The second-order valence-electron chi connectivity index (χ2n) is 11.5. The lowest BCUT2D eigenvalue weighted by atomic mass is 9.79. The molecule has 8 rings (SSSR count). The number of thiazole rings is 1. The fourth-order valence-electron chi connectivity index (χ4n) is 6.05. The molecule has 3 aromatic carbocycles. The number of hydrogen-bond donors (Lipinski definition) is 1. The van der Waals surface area contributed by atoms with Crippen molar-refractivity contribution in [3.8, 4) is 28.5 Å². The van der Waals surface area contributed by atoms with Crippen molar-refractivity contribution >= 4 is 57.3 Å². The predicted octanol–water partition coefficient (Wildman–Crippen LogP) is 4.89. The third-order valence-electron chi connectivity index (χ3n) is 8.51. The van der Waals surface area contributed by atoms with Gasteiger partial charge in [-0.1, -0.05) is 68.5 Å². The first kappa shape index (κ1) is 30.5. The maximum absolute atomic E-state index is 12.4. The van der Waals surface area contributed by atoms with Crippen molar-refractivity contribution in [3.05, 3.63) is 112 Å². The number of imidazole rings is 1. The topological polar surface area (TPSA) is 144 Å². The number of Topliss-reactive ketones (excluding diaryl/α,β-unsaturated/α-hetero) is 2. The predicted molar refractivity (Wildman–Crippen MR) is 183 cm³/mol. The first-order valence-electron chi connectivity index (χ1n) is 15.2. The van der Waals surface area contributed by atoms with E-state index in [1.54, 1.807) is 35.3 Å². The molecule has 0 aliphatic heterocycles. The Bertz CT molecular complexity index is 2420. The van der Waals surface area contributed by atoms with Gasteiger partial charge in [0, 0.05) is 28.3 Å². The van der Waals surface area contributed by atoms with Gasteiger partial charge in [0.2, 0.25) is 5.91 Å². The van der Waals surface area contributed by atoms with Crippen LogP contribution in [0.2, 0.25) is 0 Å². The maximum Gasteiger partial charge on any atom is 0.246 e. The second kappa shape index (κ2) is 12.6. The lowest BCUT2D eigenvalue weighted by Gasteiger charge is -2.23. The molecular formula is C37H27N7O3S. The zero-order valence-corrected chi connectivity index (χ0v) is 26.7. The van der Waals surface area contributed by atoms with E-state index >= 15 is 0 Å². The first-order chi connectivity index (χ1) is 23.3. The van der Waals surface area contributed by atoms with Crippen LogP contribution < -0.4 is 15.8 Å². The normalized spacial score (nSPS) is 15.9. The summed E-state index contributed by atoms with van der Waals surface area (Å²) in [4.78, 5) is 53.5. The summed E-state index contributed by atoms with van der Waals surface area (Å²) in [5, 5.41) is 16.0. The minimum absolute atomic E-state index is 0.0436. The number of nitrogens with zero attached hydrogens (tertiary/aromatic N) is 6. The summed E-state index contributed by atoms with van der Waals surface area (Å²) in [6.45, 7) is 3.98. The van der Waals surface area contributed by atoms with Gasteiger partial charge in [0.15, 0.2) is 16.6 Å². The first-order valence-corrected chi connectivity index (χ1v) is 16.1. The summed E-state index contributed by atoms with van der Waals surface area (Å²) < 4.78 is 1.68. The molecule has 2 aliphatic rings. The van der Waals surface area contributed by atoms with E-state index in [4.69, 9.17) is 5.26 Å². The Morgan fingerprint density at radius 3 is 2.56 bits per heavy atom. The van der Waals surface area contributed by atoms with Gasteiger partial charge in [0.25, 0.3) is 0 Å². The molecule has 0 fully saturated rings. The SMILES string of the molecule is CC1C=c2c(ccc3c2=CC(=O)c2ccccc2-3)C(C)C1=O.N#Cc1ccc(-c2csc(NC(=O)Cn3cnc4ncncc43)n2)cc1. The van der Waals surface area contributed by atoms with E-state index in [0.29, 0.717) is 21.9 Å². The molecule has 0 radical (unpaired) electrons. The lowest BCUT2D eigenvalue weighted by molar-refractivity contribution is -0.122. The number of amides is 1. The van der Waals surface area contributed by atoms with Crippen LogP contribution >= 0.6 is 11.3 Å². The van der Waals surface area contributed by atoms with E-state index in [1.807, 2.05) is 73.8 Å². The van der Waals surface area contributed by atoms with Gasteiger partial charge in [-0.2, -0.15) is 5.26 Å². The third kappa shape index (κ3) is 5.70. The quantitative estimate of drug-likeness (QED) is 0.284. The summed E-state index contributed by atoms with van der Waals surface area (Å²) in [5.74, 6) is -0.137. The fraction of sp³-hybridized carbons (Fsp3) is 0.135. The van der Waals surface area contributed by atoms with Crippen LogP contribution in [0, 0.1) is 17.2 Å². The minimum atomic E-state index is -0.214. The van der Waals surface area contributed by atoms with Crippen molar-refractivity contribution in [3.63, 3.8) is 0 Å². The highest BCUT2D eigenvalue weighted by Crippen LogP contribution is 2.28. The second-order valence-corrected chi connectivity index (χ2v) is 12.4. The molecule has 3 heterocycles. The average Bonchev–Trinajstić information content (AvgIpc) is 3.75. The Labute approximate surface area is 278 Å². The van der Waals surface area contributed by atoms with Gasteiger partial charge in [-0.15, -0.1) is 11.3 Å². The molecule has 3 aromatic heterocycles. The summed E-state index contributed by atoms with van der Waals surface area (Å²) in [6, 6.07) is 21.0. The number of fused-ring (bicyclic) bond motifs is 6. The highest BCUT2D eigenvalue weighted by molar-refractivity contribution is 7.14. The van der Waals surface area contributed by atoms with Crippen molar-refractivity contribution in [2.24, 2.45) is 5.92 Å². The van der Waals surface area contributed by atoms with Crippen LogP contribution in [-0.4, -0.2) is 42.0 Å². The van der Waals surface area contributed by atoms with Crippen LogP contribution in [0.3, 0.4) is 0 Å². The third-order valence-corrected chi connectivity index (χ3v) is 9.27. The number of ketones is 2. The van der Waals surface area contributed by atoms with Crippen LogP contribution in [0.4, 0.5) is 5.13 Å². The number of carbonyl (C=O) groups is 3. The van der Waals surface area contributed by atoms with Gasteiger partial charge < -0.3 is 9.88 Å². The smallest absolute Gasteiger partial charge is 0.246 e. The monoisotopic (exact) mass is 649 g/mol. The number of benzene rings is 3. The number of carbonyl (C=O) groups excluding carboxylic acids is 3. The van der Waals surface area contributed by atoms with Crippen molar-refractivity contribution in [2.75, 3.05) is 5.32 Å². The number of rotatable bonds is 4. The highest BCUT2D eigenvalue weighted by atomic mass is 32.1. The average molecular weight is 650 g/mol. The molecule has 48 heavy (non-hydrogen) atoms. The number of aromatic nitrogens is 5. The standard InChI is InChI=1S/C20H16O2.C17H11N7OS/c1-11-9-17-13(12(2)20(11)22)7-8-15-14-5-3-4-6-16(14)19(21)10-18(15)17;18-5-11-1-3-12(4-2-11)13-8-26-17(22-13)23-15(25)7-24-10-21-16-14(24)6-19-9-20-16/h3-12H,1-2H3;1-4,6,8-10H,7H2,(H,22,23,25). The van der Waals surface area contributed by atoms with E-state index in [0.717, 1.165) is 43.9 Å². The molecule has 234 valence electrons. The van der Waals surface area contributed by atoms with Crippen LogP contribution in [0.1, 0.15) is 41.3 Å². The highest BCUT2D eigenvalue weighted by Gasteiger charge is 2.27. The summed E-state index contributed by atoms with van der Waals surface area (Å²) in [5.41, 5.74) is 7.32. The van der Waals surface area contributed by atoms with Gasteiger partial charge in [0.1, 0.15) is 24.2 Å². The summed E-state index contributed by atoms with van der Waals surface area (Å²) in [7, 11) is 0. The Balaban J connectivity index is 0.000000154. The van der Waals surface area contributed by atoms with Gasteiger partial charge in [-0.05, 0) is 45.3 Å². The number of nitrogens with one attached hydrogen (secondary N) is 1. The van der Waals surface area contributed by atoms with Crippen LogP contribution in [0.15, 0.2) is 84.9 Å². The van der Waals surface area contributed by atoms with E-state index in [9.17, 15) is 14.4 Å². The van der Waals surface area contributed by atoms with Crippen LogP contribution in [0.25, 0.3) is 45.7 Å². The number of nitriles is 1. The van der Waals surface area contributed by atoms with Crippen molar-refractivity contribution < 1.29 is 14.4 Å². The van der Waals surface area contributed by atoms with E-state index in [1.165, 1.54) is 17.7 Å². The molecule has 2 atom stereocenters. The molecule has 0 saturated heterocycles. The molecule has 6 aromatic rings. The van der Waals surface area contributed by atoms with Crippen LogP contribution in [0.5, 0.6) is 0 Å². The molecule has 1 amide bonds.